The lowest BCUT2D eigenvalue weighted by atomic mass is 10.2. The molecule has 0 aromatic rings. The van der Waals surface area contributed by atoms with Crippen LogP contribution in [0.4, 0.5) is 0 Å². The number of hydrogen-bond acceptors (Lipinski definition) is 3. The highest BCUT2D eigenvalue weighted by molar-refractivity contribution is 5.69. The summed E-state index contributed by atoms with van der Waals surface area (Å²) in [5, 5.41) is 9.74. The predicted octanol–water partition coefficient (Wildman–Crippen LogP) is 5.44. The summed E-state index contributed by atoms with van der Waals surface area (Å²) in [4.78, 5) is 11.1. The Morgan fingerprint density at radius 2 is 1.44 bits per heavy atom. The zero-order valence-corrected chi connectivity index (χ0v) is 15.8. The summed E-state index contributed by atoms with van der Waals surface area (Å²) in [5.41, 5.74) is 0. The van der Waals surface area contributed by atoms with Crippen LogP contribution in [0.3, 0.4) is 0 Å². The van der Waals surface area contributed by atoms with Gasteiger partial charge in [0, 0.05) is 6.42 Å². The van der Waals surface area contributed by atoms with Crippen LogP contribution in [0.5, 0.6) is 0 Å². The molecule has 0 amide bonds. The zero-order chi connectivity index (χ0) is 18.6. The highest BCUT2D eigenvalue weighted by Crippen LogP contribution is 2.01. The molecule has 0 aromatic heterocycles. The first kappa shape index (κ1) is 23.1. The van der Waals surface area contributed by atoms with Crippen LogP contribution in [-0.4, -0.2) is 23.8 Å². The van der Waals surface area contributed by atoms with Crippen LogP contribution in [-0.2, 0) is 9.53 Å². The molecule has 0 saturated heterocycles. The van der Waals surface area contributed by atoms with Crippen LogP contribution in [0, 0.1) is 0 Å². The first-order valence-corrected chi connectivity index (χ1v) is 9.32. The number of allylic oxidation sites excluding steroid dienone is 8. The number of aliphatic hydroxyl groups excluding tert-OH is 1. The van der Waals surface area contributed by atoms with Gasteiger partial charge in [0.1, 0.15) is 0 Å². The topological polar surface area (TPSA) is 46.5 Å². The maximum Gasteiger partial charge on any atom is 0.305 e. The Bertz CT molecular complexity index is 456. The summed E-state index contributed by atoms with van der Waals surface area (Å²) in [6, 6.07) is 0. The Kier molecular flexibility index (Phi) is 17.1. The molecule has 0 aliphatic rings. The summed E-state index contributed by atoms with van der Waals surface area (Å²) in [5.74, 6) is -0.114. The summed E-state index contributed by atoms with van der Waals surface area (Å²) in [6.07, 6.45) is 25.5. The van der Waals surface area contributed by atoms with Crippen LogP contribution >= 0.6 is 0 Å². The SMILES string of the molecule is CC/C=C\C/C=C\C(O)/C=C\C/C=C\C/C=C\CCCC(=O)OCC. The molecule has 0 aliphatic heterocycles. The molecule has 25 heavy (non-hydrogen) atoms. The van der Waals surface area contributed by atoms with Crippen molar-refractivity contribution in [2.45, 2.75) is 64.9 Å². The van der Waals surface area contributed by atoms with Crippen molar-refractivity contribution in [2.75, 3.05) is 6.61 Å². The summed E-state index contributed by atoms with van der Waals surface area (Å²) < 4.78 is 4.87. The second-order valence-corrected chi connectivity index (χ2v) is 5.57. The van der Waals surface area contributed by atoms with E-state index in [1.54, 1.807) is 12.2 Å². The molecule has 0 aromatic carbocycles. The summed E-state index contributed by atoms with van der Waals surface area (Å²) in [7, 11) is 0. The number of unbranched alkanes of at least 4 members (excludes halogenated alkanes) is 1. The summed E-state index contributed by atoms with van der Waals surface area (Å²) >= 11 is 0. The van der Waals surface area contributed by atoms with Crippen molar-refractivity contribution in [1.29, 1.82) is 0 Å². The maximum atomic E-state index is 11.1. The highest BCUT2D eigenvalue weighted by Gasteiger charge is 1.98. The lowest BCUT2D eigenvalue weighted by Crippen LogP contribution is -2.02. The van der Waals surface area contributed by atoms with E-state index in [2.05, 4.69) is 43.4 Å². The van der Waals surface area contributed by atoms with Gasteiger partial charge in [0.15, 0.2) is 0 Å². The van der Waals surface area contributed by atoms with E-state index in [1.807, 2.05) is 19.1 Å². The smallest absolute Gasteiger partial charge is 0.305 e. The number of aliphatic hydroxyl groups is 1. The van der Waals surface area contributed by atoms with Gasteiger partial charge in [-0.05, 0) is 45.4 Å². The predicted molar refractivity (Wildman–Crippen MR) is 106 cm³/mol. The molecule has 3 heteroatoms. The average Bonchev–Trinajstić information content (AvgIpc) is 2.59. The van der Waals surface area contributed by atoms with Gasteiger partial charge in [0.05, 0.1) is 12.7 Å². The number of carbonyl (C=O) groups excluding carboxylic acids is 1. The third kappa shape index (κ3) is 18.3. The number of esters is 1. The fourth-order valence-electron chi connectivity index (χ4n) is 2.00. The maximum absolute atomic E-state index is 11.1. The zero-order valence-electron chi connectivity index (χ0n) is 15.8. The lowest BCUT2D eigenvalue weighted by molar-refractivity contribution is -0.143. The van der Waals surface area contributed by atoms with Gasteiger partial charge in [-0.3, -0.25) is 4.79 Å². The van der Waals surface area contributed by atoms with Crippen LogP contribution in [0.2, 0.25) is 0 Å². The van der Waals surface area contributed by atoms with Gasteiger partial charge >= 0.3 is 5.97 Å². The van der Waals surface area contributed by atoms with Gasteiger partial charge in [-0.25, -0.2) is 0 Å². The summed E-state index contributed by atoms with van der Waals surface area (Å²) in [6.45, 7) is 4.38. The van der Waals surface area contributed by atoms with Gasteiger partial charge in [0.2, 0.25) is 0 Å². The van der Waals surface area contributed by atoms with E-state index in [9.17, 15) is 9.90 Å². The largest absolute Gasteiger partial charge is 0.466 e. The Morgan fingerprint density at radius 1 is 0.880 bits per heavy atom. The molecular weight excluding hydrogens is 312 g/mol. The molecule has 0 bridgehead atoms. The number of hydrogen-bond donors (Lipinski definition) is 1. The highest BCUT2D eigenvalue weighted by atomic mass is 16.5. The van der Waals surface area contributed by atoms with Gasteiger partial charge < -0.3 is 9.84 Å². The molecule has 1 unspecified atom stereocenters. The number of rotatable bonds is 14. The van der Waals surface area contributed by atoms with E-state index in [0.717, 1.165) is 38.5 Å². The van der Waals surface area contributed by atoms with Crippen molar-refractivity contribution in [2.24, 2.45) is 0 Å². The molecule has 0 saturated carbocycles. The first-order chi connectivity index (χ1) is 12.2. The molecule has 1 N–H and O–H groups in total. The van der Waals surface area contributed by atoms with Crippen molar-refractivity contribution in [3.63, 3.8) is 0 Å². The van der Waals surface area contributed by atoms with Gasteiger partial charge in [-0.2, -0.15) is 0 Å². The molecule has 0 rings (SSSR count). The molecule has 3 nitrogen and oxygen atoms in total. The minimum atomic E-state index is -0.511. The molecule has 0 heterocycles. The second kappa shape index (κ2) is 18.5. The van der Waals surface area contributed by atoms with E-state index < -0.39 is 6.10 Å². The van der Waals surface area contributed by atoms with E-state index >= 15 is 0 Å². The fourth-order valence-corrected chi connectivity index (χ4v) is 2.00. The Hall–Kier alpha value is -1.87. The quantitative estimate of drug-likeness (QED) is 0.259. The Labute approximate surface area is 153 Å². The number of ether oxygens (including phenoxy) is 1. The van der Waals surface area contributed by atoms with Crippen LogP contribution in [0.25, 0.3) is 0 Å². The minimum Gasteiger partial charge on any atom is -0.466 e. The number of carbonyl (C=O) groups is 1. The van der Waals surface area contributed by atoms with Gasteiger partial charge in [-0.15, -0.1) is 0 Å². The van der Waals surface area contributed by atoms with Crippen LogP contribution in [0.1, 0.15) is 58.8 Å². The molecule has 1 atom stereocenters. The Balaban J connectivity index is 3.65. The van der Waals surface area contributed by atoms with Crippen LogP contribution < -0.4 is 0 Å². The average molecular weight is 347 g/mol. The van der Waals surface area contributed by atoms with E-state index in [1.165, 1.54) is 0 Å². The van der Waals surface area contributed by atoms with Crippen molar-refractivity contribution >= 4 is 5.97 Å². The molecule has 0 aliphatic carbocycles. The van der Waals surface area contributed by atoms with Crippen molar-refractivity contribution < 1.29 is 14.6 Å². The van der Waals surface area contributed by atoms with E-state index in [0.29, 0.717) is 13.0 Å². The molecule has 0 fully saturated rings. The van der Waals surface area contributed by atoms with E-state index in [4.69, 9.17) is 4.74 Å². The molecule has 0 spiro atoms. The second-order valence-electron chi connectivity index (χ2n) is 5.57. The standard InChI is InChI=1S/C22H34O3/c1-3-5-6-12-15-18-21(23)19-16-13-10-8-7-9-11-14-17-20-22(24)25-4-2/h5-6,8-11,15-16,18-19,21,23H,3-4,7,12-14,17,20H2,1-2H3/b6-5-,10-8-,11-9-,18-15-,19-16-. The third-order valence-electron chi connectivity index (χ3n) is 3.28. The van der Waals surface area contributed by atoms with Crippen molar-refractivity contribution in [3.8, 4) is 0 Å². The van der Waals surface area contributed by atoms with Gasteiger partial charge in [-0.1, -0.05) is 67.7 Å². The van der Waals surface area contributed by atoms with E-state index in [-0.39, 0.29) is 5.97 Å². The van der Waals surface area contributed by atoms with Crippen molar-refractivity contribution in [1.82, 2.24) is 0 Å². The van der Waals surface area contributed by atoms with Crippen molar-refractivity contribution in [3.05, 3.63) is 60.8 Å². The minimum absolute atomic E-state index is 0.114. The molecule has 0 radical (unpaired) electrons. The van der Waals surface area contributed by atoms with Crippen LogP contribution in [0.15, 0.2) is 60.8 Å². The monoisotopic (exact) mass is 346 g/mol. The van der Waals surface area contributed by atoms with Gasteiger partial charge in [0.25, 0.3) is 0 Å². The third-order valence-corrected chi connectivity index (χ3v) is 3.28. The first-order valence-electron chi connectivity index (χ1n) is 9.32. The lowest BCUT2D eigenvalue weighted by Gasteiger charge is -1.98. The molecule has 140 valence electrons. The molecular formula is C22H34O3. The fraction of sp³-hybridized carbons (Fsp3) is 0.500. The normalized spacial score (nSPS) is 13.9. The Morgan fingerprint density at radius 3 is 2.04 bits per heavy atom.